The molecule has 3 aliphatic rings. The molecule has 3 unspecified atom stereocenters. The van der Waals surface area contributed by atoms with Crippen molar-refractivity contribution in [1.29, 1.82) is 0 Å². The van der Waals surface area contributed by atoms with Crippen LogP contribution in [0.2, 0.25) is 0 Å². The standard InChI is InChI=1S/C26H31N5O6S/c1-26(2,3)22(15-9-10-19-20(12-15)37-14-36-19)28-24-23(29-38(35)30-24)27-18-8-4-7-17(21(18)33)25(34)31-11-5-6-16(31)13-32/h4,7-10,12,16,22,32-33H,5-6,11,13-14H2,1-3H3,(H,27,29)(H,28,30). The van der Waals surface area contributed by atoms with E-state index in [4.69, 9.17) is 9.47 Å². The van der Waals surface area contributed by atoms with Crippen LogP contribution in [-0.4, -0.2) is 62.9 Å². The maximum absolute atomic E-state index is 13.1. The minimum Gasteiger partial charge on any atom is -0.505 e. The second-order valence-corrected chi connectivity index (χ2v) is 11.3. The van der Waals surface area contributed by atoms with E-state index in [-0.39, 0.29) is 65.5 Å². The van der Waals surface area contributed by atoms with Gasteiger partial charge < -0.3 is 35.2 Å². The number of carbonyl (C=O) groups excluding carboxylic acids is 1. The third-order valence-corrected chi connectivity index (χ3v) is 7.49. The zero-order valence-corrected chi connectivity index (χ0v) is 22.2. The molecule has 5 rings (SSSR count). The number of carbonyl (C=O) groups is 1. The van der Waals surface area contributed by atoms with E-state index in [1.165, 1.54) is 6.07 Å². The van der Waals surface area contributed by atoms with E-state index < -0.39 is 11.2 Å². The summed E-state index contributed by atoms with van der Waals surface area (Å²) in [5.41, 5.74) is 0.951. The third kappa shape index (κ3) is 5.05. The van der Waals surface area contributed by atoms with Crippen molar-refractivity contribution < 1.29 is 28.7 Å². The Labute approximate surface area is 223 Å². The van der Waals surface area contributed by atoms with Gasteiger partial charge in [-0.05, 0) is 48.1 Å². The van der Waals surface area contributed by atoms with Crippen molar-refractivity contribution in [1.82, 2.24) is 10.2 Å². The maximum Gasteiger partial charge on any atom is 0.269 e. The van der Waals surface area contributed by atoms with Crippen molar-refractivity contribution in [2.45, 2.75) is 45.7 Å². The number of aliphatic hydroxyl groups excluding tert-OH is 1. The first-order chi connectivity index (χ1) is 18.2. The van der Waals surface area contributed by atoms with Gasteiger partial charge in [0.15, 0.2) is 28.9 Å². The first-order valence-electron chi connectivity index (χ1n) is 12.4. The molecule has 2 aromatic carbocycles. The number of phenols is 1. The maximum atomic E-state index is 13.1. The Morgan fingerprint density at radius 1 is 1.18 bits per heavy atom. The van der Waals surface area contributed by atoms with Gasteiger partial charge in [0.2, 0.25) is 6.79 Å². The number of benzene rings is 2. The summed E-state index contributed by atoms with van der Waals surface area (Å²) < 4.78 is 31.6. The summed E-state index contributed by atoms with van der Waals surface area (Å²) in [4.78, 5) is 14.7. The number of aliphatic hydroxyl groups is 1. The van der Waals surface area contributed by atoms with Gasteiger partial charge >= 0.3 is 0 Å². The fourth-order valence-electron chi connectivity index (χ4n) is 4.86. The van der Waals surface area contributed by atoms with Crippen LogP contribution in [0.3, 0.4) is 0 Å². The number of phenolic OH excluding ortho intramolecular Hbond substituents is 1. The normalized spacial score (nSPS) is 21.2. The molecule has 3 atom stereocenters. The number of amides is 1. The highest BCUT2D eigenvalue weighted by atomic mass is 32.2. The number of nitrogens with one attached hydrogen (secondary N) is 2. The minimum atomic E-state index is -1.86. The molecule has 1 fully saturated rings. The molecule has 3 aliphatic heterocycles. The number of para-hydroxylation sites is 1. The number of aromatic hydroxyl groups is 1. The average Bonchev–Trinajstić information content (AvgIpc) is 3.61. The molecule has 0 saturated carbocycles. The van der Waals surface area contributed by atoms with Crippen LogP contribution in [0.25, 0.3) is 0 Å². The average molecular weight is 542 g/mol. The van der Waals surface area contributed by atoms with Gasteiger partial charge in [0.1, 0.15) is 0 Å². The molecule has 1 saturated heterocycles. The summed E-state index contributed by atoms with van der Waals surface area (Å²) in [6.07, 6.45) is 1.51. The van der Waals surface area contributed by atoms with E-state index in [0.29, 0.717) is 24.5 Å². The molecule has 0 spiro atoms. The Morgan fingerprint density at radius 2 is 1.95 bits per heavy atom. The van der Waals surface area contributed by atoms with Crippen molar-refractivity contribution in [2.75, 3.05) is 25.3 Å². The molecular formula is C26H31N5O6S. The molecule has 11 nitrogen and oxygen atoms in total. The highest BCUT2D eigenvalue weighted by Gasteiger charge is 2.33. The van der Waals surface area contributed by atoms with Crippen LogP contribution in [0.5, 0.6) is 17.2 Å². The summed E-state index contributed by atoms with van der Waals surface area (Å²) >= 11 is -1.86. The SMILES string of the molecule is CC(C)(C)C(NC1=NS(=O)N=C1Nc1cccc(C(=O)N2CCCC2CO)c1O)c1ccc2c(c1)OCO2. The molecule has 2 aromatic rings. The van der Waals surface area contributed by atoms with E-state index >= 15 is 0 Å². The molecule has 12 heteroatoms. The van der Waals surface area contributed by atoms with Crippen molar-refractivity contribution in [2.24, 2.45) is 14.2 Å². The molecule has 3 heterocycles. The van der Waals surface area contributed by atoms with Crippen LogP contribution >= 0.6 is 0 Å². The number of amidine groups is 2. The highest BCUT2D eigenvalue weighted by molar-refractivity contribution is 7.83. The third-order valence-electron chi connectivity index (χ3n) is 6.81. The van der Waals surface area contributed by atoms with Gasteiger partial charge in [0, 0.05) is 6.54 Å². The summed E-state index contributed by atoms with van der Waals surface area (Å²) in [5.74, 6) is 1.14. The van der Waals surface area contributed by atoms with Crippen molar-refractivity contribution in [3.05, 3.63) is 47.5 Å². The number of ether oxygens (including phenoxy) is 2. The Morgan fingerprint density at radius 3 is 2.71 bits per heavy atom. The molecule has 38 heavy (non-hydrogen) atoms. The first-order valence-corrected chi connectivity index (χ1v) is 13.5. The molecule has 0 radical (unpaired) electrons. The summed E-state index contributed by atoms with van der Waals surface area (Å²) in [6, 6.07) is 9.92. The lowest BCUT2D eigenvalue weighted by atomic mass is 9.82. The molecule has 202 valence electrons. The second-order valence-electron chi connectivity index (χ2n) is 10.5. The largest absolute Gasteiger partial charge is 0.505 e. The van der Waals surface area contributed by atoms with Crippen LogP contribution < -0.4 is 20.1 Å². The predicted octanol–water partition coefficient (Wildman–Crippen LogP) is 2.90. The highest BCUT2D eigenvalue weighted by Crippen LogP contribution is 2.39. The van der Waals surface area contributed by atoms with Crippen LogP contribution in [0.1, 0.15) is 55.6 Å². The Kier molecular flexibility index (Phi) is 7.01. The van der Waals surface area contributed by atoms with Crippen molar-refractivity contribution >= 4 is 34.4 Å². The Balaban J connectivity index is 1.39. The van der Waals surface area contributed by atoms with E-state index in [2.05, 4.69) is 40.2 Å². The van der Waals surface area contributed by atoms with Crippen LogP contribution in [0.15, 0.2) is 45.2 Å². The summed E-state index contributed by atoms with van der Waals surface area (Å²) in [7, 11) is 0. The number of fused-ring (bicyclic) bond motifs is 1. The van der Waals surface area contributed by atoms with Crippen molar-refractivity contribution in [3.8, 4) is 17.2 Å². The molecule has 1 amide bonds. The number of hydrogen-bond donors (Lipinski definition) is 4. The number of nitrogens with zero attached hydrogens (tertiary/aromatic N) is 3. The molecule has 0 bridgehead atoms. The van der Waals surface area contributed by atoms with E-state index in [1.54, 1.807) is 17.0 Å². The molecular weight excluding hydrogens is 510 g/mol. The first kappa shape index (κ1) is 26.0. The number of likely N-dealkylation sites (tertiary alicyclic amines) is 1. The van der Waals surface area contributed by atoms with Crippen LogP contribution in [0, 0.1) is 5.41 Å². The van der Waals surface area contributed by atoms with Crippen LogP contribution in [-0.2, 0) is 11.2 Å². The summed E-state index contributed by atoms with van der Waals surface area (Å²) in [6.45, 7) is 6.74. The van der Waals surface area contributed by atoms with Crippen LogP contribution in [0.4, 0.5) is 5.69 Å². The fraction of sp³-hybridized carbons (Fsp3) is 0.423. The topological polar surface area (TPSA) is 145 Å². The van der Waals surface area contributed by atoms with E-state index in [9.17, 15) is 19.2 Å². The van der Waals surface area contributed by atoms with Gasteiger partial charge in [-0.15, -0.1) is 8.80 Å². The lowest BCUT2D eigenvalue weighted by Crippen LogP contribution is -2.41. The zero-order valence-electron chi connectivity index (χ0n) is 21.4. The summed E-state index contributed by atoms with van der Waals surface area (Å²) in [5, 5.41) is 27.0. The Bertz CT molecular complexity index is 1340. The van der Waals surface area contributed by atoms with E-state index in [0.717, 1.165) is 12.0 Å². The van der Waals surface area contributed by atoms with Gasteiger partial charge in [-0.2, -0.15) is 0 Å². The second kappa shape index (κ2) is 10.3. The zero-order chi connectivity index (χ0) is 27.0. The monoisotopic (exact) mass is 541 g/mol. The quantitative estimate of drug-likeness (QED) is 0.423. The minimum absolute atomic E-state index is 0.106. The lowest BCUT2D eigenvalue weighted by Gasteiger charge is -2.33. The van der Waals surface area contributed by atoms with E-state index in [1.807, 2.05) is 18.2 Å². The number of anilines is 1. The van der Waals surface area contributed by atoms with Gasteiger partial charge in [0.05, 0.1) is 29.9 Å². The fourth-order valence-corrected chi connectivity index (χ4v) is 5.49. The van der Waals surface area contributed by atoms with Gasteiger partial charge in [-0.3, -0.25) is 4.79 Å². The van der Waals surface area contributed by atoms with Gasteiger partial charge in [-0.25, -0.2) is 4.21 Å². The van der Waals surface area contributed by atoms with Crippen molar-refractivity contribution in [3.63, 3.8) is 0 Å². The molecule has 4 N–H and O–H groups in total. The van der Waals surface area contributed by atoms with Gasteiger partial charge in [0.25, 0.3) is 17.1 Å². The lowest BCUT2D eigenvalue weighted by molar-refractivity contribution is 0.0674. The Hall–Kier alpha value is -3.64. The number of rotatable bonds is 5. The number of hydrogen-bond acceptors (Lipinski definition) is 8. The van der Waals surface area contributed by atoms with Gasteiger partial charge in [-0.1, -0.05) is 32.9 Å². The predicted molar refractivity (Wildman–Crippen MR) is 144 cm³/mol. The molecule has 0 aliphatic carbocycles. The smallest absolute Gasteiger partial charge is 0.269 e. The molecule has 0 aromatic heterocycles.